The quantitative estimate of drug-likeness (QED) is 0.871. The third-order valence-electron chi connectivity index (χ3n) is 2.21. The molecule has 2 amide bonds. The average Bonchev–Trinajstić information content (AvgIpc) is 2.33. The maximum absolute atomic E-state index is 13.2. The zero-order valence-electron chi connectivity index (χ0n) is 9.93. The Hall–Kier alpha value is -1.43. The Balaban J connectivity index is 2.51. The fourth-order valence-corrected chi connectivity index (χ4v) is 1.79. The van der Waals surface area contributed by atoms with Gasteiger partial charge in [-0.05, 0) is 35.0 Å². The Morgan fingerprint density at radius 1 is 1.33 bits per heavy atom. The van der Waals surface area contributed by atoms with Crippen molar-refractivity contribution in [3.8, 4) is 0 Å². The highest BCUT2D eigenvalue weighted by molar-refractivity contribution is 9.10. The maximum Gasteiger partial charge on any atom is 0.252 e. The van der Waals surface area contributed by atoms with Gasteiger partial charge in [0.2, 0.25) is 5.91 Å². The molecule has 0 spiro atoms. The Kier molecular flexibility index (Phi) is 5.77. The molecular formula is C12H14BrFN2O2. The first-order chi connectivity index (χ1) is 8.56. The first kappa shape index (κ1) is 14.6. The molecule has 0 aliphatic rings. The van der Waals surface area contributed by atoms with E-state index in [2.05, 4.69) is 26.6 Å². The average molecular weight is 317 g/mol. The predicted molar refractivity (Wildman–Crippen MR) is 69.7 cm³/mol. The highest BCUT2D eigenvalue weighted by atomic mass is 79.9. The fourth-order valence-electron chi connectivity index (χ4n) is 1.35. The molecule has 0 aliphatic carbocycles. The summed E-state index contributed by atoms with van der Waals surface area (Å²) in [4.78, 5) is 22.9. The number of rotatable bonds is 5. The summed E-state index contributed by atoms with van der Waals surface area (Å²) < 4.78 is 13.3. The van der Waals surface area contributed by atoms with E-state index >= 15 is 0 Å². The minimum absolute atomic E-state index is 0.125. The first-order valence-corrected chi connectivity index (χ1v) is 6.34. The van der Waals surface area contributed by atoms with Crippen LogP contribution in [0.3, 0.4) is 0 Å². The normalized spacial score (nSPS) is 9.94. The van der Waals surface area contributed by atoms with E-state index in [4.69, 9.17) is 0 Å². The molecular weight excluding hydrogens is 303 g/mol. The Morgan fingerprint density at radius 2 is 2.06 bits per heavy atom. The van der Waals surface area contributed by atoms with Gasteiger partial charge in [-0.1, -0.05) is 6.07 Å². The number of carbonyl (C=O) groups excluding carboxylic acids is 2. The lowest BCUT2D eigenvalue weighted by atomic mass is 10.2. The number of hydrogen-bond donors (Lipinski definition) is 2. The van der Waals surface area contributed by atoms with E-state index in [-0.39, 0.29) is 28.9 Å². The second-order valence-electron chi connectivity index (χ2n) is 3.56. The fraction of sp³-hybridized carbons (Fsp3) is 0.333. The molecule has 1 aromatic rings. The van der Waals surface area contributed by atoms with E-state index in [0.29, 0.717) is 6.54 Å². The summed E-state index contributed by atoms with van der Waals surface area (Å²) in [6.45, 7) is 2.59. The number of halogens is 2. The number of amides is 2. The molecule has 0 heterocycles. The van der Waals surface area contributed by atoms with Crippen LogP contribution in [0.15, 0.2) is 22.7 Å². The van der Waals surface area contributed by atoms with Crippen LogP contribution in [0, 0.1) is 5.82 Å². The Bertz CT molecular complexity index is 452. The van der Waals surface area contributed by atoms with Crippen LogP contribution >= 0.6 is 15.9 Å². The van der Waals surface area contributed by atoms with Crippen LogP contribution in [0.4, 0.5) is 4.39 Å². The summed E-state index contributed by atoms with van der Waals surface area (Å²) in [6.07, 6.45) is 0.201. The van der Waals surface area contributed by atoms with Crippen LogP contribution in [-0.4, -0.2) is 24.9 Å². The van der Waals surface area contributed by atoms with Gasteiger partial charge < -0.3 is 10.6 Å². The van der Waals surface area contributed by atoms with Gasteiger partial charge in [0.25, 0.3) is 5.91 Å². The van der Waals surface area contributed by atoms with Crippen molar-refractivity contribution in [3.05, 3.63) is 34.1 Å². The van der Waals surface area contributed by atoms with E-state index in [1.54, 1.807) is 0 Å². The number of carbonyl (C=O) groups is 2. The molecule has 0 bridgehead atoms. The zero-order valence-corrected chi connectivity index (χ0v) is 11.5. The van der Waals surface area contributed by atoms with E-state index in [9.17, 15) is 14.0 Å². The Morgan fingerprint density at radius 3 is 2.72 bits per heavy atom. The van der Waals surface area contributed by atoms with Crippen molar-refractivity contribution in [2.24, 2.45) is 0 Å². The van der Waals surface area contributed by atoms with Gasteiger partial charge in [-0.3, -0.25) is 9.59 Å². The van der Waals surface area contributed by atoms with Crippen molar-refractivity contribution in [3.63, 3.8) is 0 Å². The van der Waals surface area contributed by atoms with Crippen LogP contribution in [-0.2, 0) is 4.79 Å². The second-order valence-corrected chi connectivity index (χ2v) is 4.35. The molecule has 0 atom stereocenters. The summed E-state index contributed by atoms with van der Waals surface area (Å²) in [5.41, 5.74) is 0.214. The van der Waals surface area contributed by atoms with E-state index in [1.807, 2.05) is 6.92 Å². The van der Waals surface area contributed by atoms with Crippen LogP contribution in [0.1, 0.15) is 23.7 Å². The third-order valence-corrected chi connectivity index (χ3v) is 3.01. The van der Waals surface area contributed by atoms with Crippen molar-refractivity contribution in [2.75, 3.05) is 13.1 Å². The minimum Gasteiger partial charge on any atom is -0.356 e. The summed E-state index contributed by atoms with van der Waals surface area (Å²) in [7, 11) is 0. The lowest BCUT2D eigenvalue weighted by molar-refractivity contribution is -0.120. The highest BCUT2D eigenvalue weighted by Crippen LogP contribution is 2.20. The van der Waals surface area contributed by atoms with Crippen molar-refractivity contribution in [2.45, 2.75) is 13.3 Å². The molecule has 0 aromatic heterocycles. The van der Waals surface area contributed by atoms with E-state index in [0.717, 1.165) is 0 Å². The molecule has 0 radical (unpaired) electrons. The molecule has 98 valence electrons. The third kappa shape index (κ3) is 4.10. The summed E-state index contributed by atoms with van der Waals surface area (Å²) in [5.74, 6) is -1.03. The molecule has 0 saturated carbocycles. The molecule has 1 rings (SSSR count). The molecule has 6 heteroatoms. The molecule has 0 fully saturated rings. The molecule has 0 saturated heterocycles. The van der Waals surface area contributed by atoms with Crippen LogP contribution in [0.5, 0.6) is 0 Å². The summed E-state index contributed by atoms with van der Waals surface area (Å²) in [5, 5.41) is 5.18. The van der Waals surface area contributed by atoms with Crippen LogP contribution in [0.2, 0.25) is 0 Å². The molecule has 18 heavy (non-hydrogen) atoms. The van der Waals surface area contributed by atoms with Gasteiger partial charge in [0.1, 0.15) is 5.82 Å². The van der Waals surface area contributed by atoms with E-state index < -0.39 is 11.7 Å². The van der Waals surface area contributed by atoms with Gasteiger partial charge in [-0.2, -0.15) is 0 Å². The predicted octanol–water partition coefficient (Wildman–Crippen LogP) is 1.84. The van der Waals surface area contributed by atoms with Crippen LogP contribution < -0.4 is 10.6 Å². The lowest BCUT2D eigenvalue weighted by Gasteiger charge is -2.07. The number of benzene rings is 1. The zero-order chi connectivity index (χ0) is 13.5. The van der Waals surface area contributed by atoms with Gasteiger partial charge in [0.05, 0.1) is 10.0 Å². The topological polar surface area (TPSA) is 58.2 Å². The molecule has 1 aromatic carbocycles. The highest BCUT2D eigenvalue weighted by Gasteiger charge is 2.12. The molecule has 2 N–H and O–H groups in total. The SMILES string of the molecule is CCNC(=O)CCNC(=O)c1cccc(F)c1Br. The van der Waals surface area contributed by atoms with Crippen molar-refractivity contribution < 1.29 is 14.0 Å². The monoisotopic (exact) mass is 316 g/mol. The van der Waals surface area contributed by atoms with Gasteiger partial charge in [-0.15, -0.1) is 0 Å². The number of hydrogen-bond acceptors (Lipinski definition) is 2. The first-order valence-electron chi connectivity index (χ1n) is 5.55. The largest absolute Gasteiger partial charge is 0.356 e. The molecule has 0 unspecified atom stereocenters. The van der Waals surface area contributed by atoms with E-state index in [1.165, 1.54) is 18.2 Å². The number of nitrogens with one attached hydrogen (secondary N) is 2. The standard InChI is InChI=1S/C12H14BrFN2O2/c1-2-15-10(17)6-7-16-12(18)8-4-3-5-9(14)11(8)13/h3-5H,2,6-7H2,1H3,(H,15,17)(H,16,18). The Labute approximate surface area is 113 Å². The van der Waals surface area contributed by atoms with Gasteiger partial charge in [-0.25, -0.2) is 4.39 Å². The maximum atomic E-state index is 13.2. The summed E-state index contributed by atoms with van der Waals surface area (Å²) in [6, 6.07) is 4.23. The van der Waals surface area contributed by atoms with Crippen molar-refractivity contribution >= 4 is 27.7 Å². The van der Waals surface area contributed by atoms with Gasteiger partial charge in [0, 0.05) is 19.5 Å². The van der Waals surface area contributed by atoms with Gasteiger partial charge in [0.15, 0.2) is 0 Å². The van der Waals surface area contributed by atoms with Crippen LogP contribution in [0.25, 0.3) is 0 Å². The minimum atomic E-state index is -0.494. The van der Waals surface area contributed by atoms with Gasteiger partial charge >= 0.3 is 0 Å². The summed E-state index contributed by atoms with van der Waals surface area (Å²) >= 11 is 3.01. The smallest absolute Gasteiger partial charge is 0.252 e. The lowest BCUT2D eigenvalue weighted by Crippen LogP contribution is -2.30. The molecule has 4 nitrogen and oxygen atoms in total. The van der Waals surface area contributed by atoms with Crippen molar-refractivity contribution in [1.29, 1.82) is 0 Å². The molecule has 0 aliphatic heterocycles. The van der Waals surface area contributed by atoms with Crippen molar-refractivity contribution in [1.82, 2.24) is 10.6 Å². The second kappa shape index (κ2) is 7.10.